The van der Waals surface area contributed by atoms with Gasteiger partial charge in [0.25, 0.3) is 10.5 Å². The molecule has 0 unspecified atom stereocenters. The molecule has 14 heteroatoms. The van der Waals surface area contributed by atoms with Crippen LogP contribution in [0.4, 0.5) is 34.1 Å². The zero-order valence-corrected chi connectivity index (χ0v) is 31.1. The van der Waals surface area contributed by atoms with Crippen LogP contribution in [0.15, 0.2) is 94.9 Å². The fraction of sp³-hybridized carbons (Fsp3) is 0.105. The third-order valence-electron chi connectivity index (χ3n) is 8.23. The van der Waals surface area contributed by atoms with Gasteiger partial charge in [-0.3, -0.25) is 19.6 Å². The van der Waals surface area contributed by atoms with Gasteiger partial charge in [0, 0.05) is 35.3 Å². The van der Waals surface area contributed by atoms with E-state index >= 15 is 0 Å². The summed E-state index contributed by atoms with van der Waals surface area (Å²) in [5.41, 5.74) is 35.3. The predicted octanol–water partition coefficient (Wildman–Crippen LogP) is 8.37. The molecule has 0 fully saturated rings. The number of aryl methyl sites for hydroxylation is 2. The zero-order chi connectivity index (χ0) is 36.3. The standard InChI is InChI=1S/C22H18N4O2.C8H4Cl2O2.C8H12N2.2ClH/c23-15-9-19-13(7-21(15)27)5-17(25-19)11-1-2-12(4-3-11)18-6-14-8-22(28)16(24)10-20(14)26-18;9-7(11)5-1-2-6(4-3-5)8(10)12;1-5-3-6(2)8(10)4-7(5)9;;/h1-4,7-10,27-28H,5-6,23-24H2;1-4H;3-4H,9-10H2,1-2H3;2*1H. The highest BCUT2D eigenvalue weighted by Gasteiger charge is 2.20. The van der Waals surface area contributed by atoms with E-state index in [1.807, 2.05) is 44.2 Å². The van der Waals surface area contributed by atoms with E-state index in [2.05, 4.69) is 9.98 Å². The van der Waals surface area contributed by atoms with Gasteiger partial charge in [-0.2, -0.15) is 0 Å². The second kappa shape index (κ2) is 17.3. The summed E-state index contributed by atoms with van der Waals surface area (Å²) in [5.74, 6) is 0.187. The fourth-order valence-corrected chi connectivity index (χ4v) is 5.55. The van der Waals surface area contributed by atoms with E-state index < -0.39 is 10.5 Å². The fourth-order valence-electron chi connectivity index (χ4n) is 5.30. The van der Waals surface area contributed by atoms with Crippen LogP contribution in [0.5, 0.6) is 11.5 Å². The molecule has 52 heavy (non-hydrogen) atoms. The topological polar surface area (TPSA) is 203 Å². The van der Waals surface area contributed by atoms with Crippen molar-refractivity contribution < 1.29 is 19.8 Å². The van der Waals surface area contributed by atoms with Crippen molar-refractivity contribution in [3.63, 3.8) is 0 Å². The maximum atomic E-state index is 10.6. The van der Waals surface area contributed by atoms with Gasteiger partial charge in [-0.1, -0.05) is 30.3 Å². The number of halogens is 4. The summed E-state index contributed by atoms with van der Waals surface area (Å²) >= 11 is 10.4. The number of nitrogens with two attached hydrogens (primary N) is 4. The molecule has 5 aromatic rings. The number of phenolic OH excluding ortho intramolecular Hbond substituents is 2. The molecule has 5 aromatic carbocycles. The average Bonchev–Trinajstić information content (AvgIpc) is 3.68. The van der Waals surface area contributed by atoms with E-state index in [-0.39, 0.29) is 36.3 Å². The Balaban J connectivity index is 0.000000253. The largest absolute Gasteiger partial charge is 0.506 e. The number of nitrogen functional groups attached to an aromatic ring is 4. The van der Waals surface area contributed by atoms with E-state index in [0.717, 1.165) is 67.6 Å². The number of aromatic hydroxyl groups is 2. The summed E-state index contributed by atoms with van der Waals surface area (Å²) in [5, 5.41) is 18.5. The molecule has 0 atom stereocenters. The van der Waals surface area contributed by atoms with Crippen molar-refractivity contribution >= 4 is 104 Å². The van der Waals surface area contributed by atoms with Gasteiger partial charge in [-0.05, 0) is 125 Å². The van der Waals surface area contributed by atoms with Crippen LogP contribution >= 0.6 is 48.0 Å². The monoisotopic (exact) mass is 780 g/mol. The minimum absolute atomic E-state index is 0. The molecule has 10 nitrogen and oxygen atoms in total. The van der Waals surface area contributed by atoms with Crippen LogP contribution in [-0.4, -0.2) is 32.1 Å². The van der Waals surface area contributed by atoms with E-state index in [1.165, 1.54) is 24.3 Å². The molecular formula is C38H36Cl4N6O4. The van der Waals surface area contributed by atoms with Crippen molar-refractivity contribution in [2.24, 2.45) is 9.98 Å². The molecule has 0 spiro atoms. The molecule has 0 bridgehead atoms. The van der Waals surface area contributed by atoms with E-state index in [1.54, 1.807) is 30.3 Å². The molecule has 0 saturated carbocycles. The molecule has 270 valence electrons. The summed E-state index contributed by atoms with van der Waals surface area (Å²) in [6.45, 7) is 3.95. The van der Waals surface area contributed by atoms with Crippen molar-refractivity contribution in [2.45, 2.75) is 26.7 Å². The van der Waals surface area contributed by atoms with Crippen LogP contribution < -0.4 is 22.9 Å². The average molecular weight is 783 g/mol. The molecule has 0 radical (unpaired) electrons. The van der Waals surface area contributed by atoms with E-state index in [4.69, 9.17) is 46.1 Å². The molecule has 2 heterocycles. The summed E-state index contributed by atoms with van der Waals surface area (Å²) < 4.78 is 0. The molecule has 0 saturated heterocycles. The van der Waals surface area contributed by atoms with Gasteiger partial charge in [-0.25, -0.2) is 0 Å². The number of rotatable bonds is 4. The number of carbonyl (C=O) groups excluding carboxylic acids is 2. The smallest absolute Gasteiger partial charge is 0.252 e. The number of fused-ring (bicyclic) bond motifs is 2. The first-order chi connectivity index (χ1) is 23.7. The van der Waals surface area contributed by atoms with Crippen LogP contribution in [0.3, 0.4) is 0 Å². The Morgan fingerprint density at radius 2 is 0.904 bits per heavy atom. The molecule has 0 amide bonds. The summed E-state index contributed by atoms with van der Waals surface area (Å²) in [6.07, 6.45) is 1.32. The highest BCUT2D eigenvalue weighted by atomic mass is 35.5. The lowest BCUT2D eigenvalue weighted by Gasteiger charge is -2.04. The zero-order valence-electron chi connectivity index (χ0n) is 28.0. The molecule has 7 rings (SSSR count). The highest BCUT2D eigenvalue weighted by molar-refractivity contribution is 6.68. The van der Waals surface area contributed by atoms with Crippen LogP contribution in [0.25, 0.3) is 0 Å². The summed E-state index contributed by atoms with van der Waals surface area (Å²) in [7, 11) is 0. The second-order valence-corrected chi connectivity index (χ2v) is 12.5. The number of anilines is 4. The van der Waals surface area contributed by atoms with Crippen molar-refractivity contribution in [1.82, 2.24) is 0 Å². The van der Waals surface area contributed by atoms with Crippen molar-refractivity contribution in [3.05, 3.63) is 129 Å². The van der Waals surface area contributed by atoms with Gasteiger partial charge >= 0.3 is 0 Å². The Kier molecular flexibility index (Phi) is 13.7. The normalized spacial score (nSPS) is 11.8. The Morgan fingerprint density at radius 3 is 1.21 bits per heavy atom. The number of aliphatic imine (C=N–C) groups is 2. The molecular weight excluding hydrogens is 746 g/mol. The van der Waals surface area contributed by atoms with Crippen molar-refractivity contribution in [1.29, 1.82) is 0 Å². The van der Waals surface area contributed by atoms with Crippen molar-refractivity contribution in [2.75, 3.05) is 22.9 Å². The Bertz CT molecular complexity index is 2030. The van der Waals surface area contributed by atoms with Crippen LogP contribution in [0, 0.1) is 13.8 Å². The maximum absolute atomic E-state index is 10.6. The first-order valence-electron chi connectivity index (χ1n) is 15.3. The third kappa shape index (κ3) is 9.54. The van der Waals surface area contributed by atoms with Crippen LogP contribution in [-0.2, 0) is 12.8 Å². The van der Waals surface area contributed by atoms with Gasteiger partial charge in [0.05, 0.1) is 34.2 Å². The van der Waals surface area contributed by atoms with Gasteiger partial charge in [0.15, 0.2) is 0 Å². The van der Waals surface area contributed by atoms with E-state index in [0.29, 0.717) is 35.3 Å². The lowest BCUT2D eigenvalue weighted by atomic mass is 9.99. The minimum atomic E-state index is -0.552. The Morgan fingerprint density at radius 1 is 0.558 bits per heavy atom. The second-order valence-electron chi connectivity index (χ2n) is 11.8. The third-order valence-corrected chi connectivity index (χ3v) is 8.66. The Labute approximate surface area is 323 Å². The number of carbonyl (C=O) groups is 2. The first kappa shape index (κ1) is 41.2. The van der Waals surface area contributed by atoms with Gasteiger partial charge < -0.3 is 33.1 Å². The number of hydrogen-bond acceptors (Lipinski definition) is 10. The summed E-state index contributed by atoms with van der Waals surface area (Å²) in [6, 6.07) is 24.5. The van der Waals surface area contributed by atoms with Crippen molar-refractivity contribution in [3.8, 4) is 11.5 Å². The molecule has 0 aromatic heterocycles. The predicted molar refractivity (Wildman–Crippen MR) is 217 cm³/mol. The lowest BCUT2D eigenvalue weighted by Crippen LogP contribution is -2.03. The van der Waals surface area contributed by atoms with Crippen LogP contribution in [0.1, 0.15) is 54.1 Å². The van der Waals surface area contributed by atoms with Crippen LogP contribution in [0.2, 0.25) is 0 Å². The van der Waals surface area contributed by atoms with Gasteiger partial charge in [-0.15, -0.1) is 24.8 Å². The number of benzene rings is 5. The highest BCUT2D eigenvalue weighted by Crippen LogP contribution is 2.37. The lowest BCUT2D eigenvalue weighted by molar-refractivity contribution is 0.107. The number of nitrogens with zero attached hydrogens (tertiary/aromatic N) is 2. The summed E-state index contributed by atoms with van der Waals surface area (Å²) in [4.78, 5) is 30.5. The molecule has 10 N–H and O–H groups in total. The molecule has 0 aliphatic carbocycles. The van der Waals surface area contributed by atoms with Gasteiger partial charge in [0.1, 0.15) is 11.5 Å². The SMILES string of the molecule is Cc1cc(C)c(N)cc1N.Cl.Cl.Nc1cc2c(cc1O)CC(c1ccc(C3=Nc4cc(N)c(O)cc4C3)cc1)=N2.O=C(Cl)c1ccc(C(=O)Cl)cc1. The molecule has 2 aliphatic heterocycles. The number of hydrogen-bond donors (Lipinski definition) is 6. The Hall–Kier alpha value is -5.26. The number of phenols is 2. The maximum Gasteiger partial charge on any atom is 0.252 e. The van der Waals surface area contributed by atoms with E-state index in [9.17, 15) is 19.8 Å². The quantitative estimate of drug-likeness (QED) is 0.0592. The minimum Gasteiger partial charge on any atom is -0.506 e. The first-order valence-corrected chi connectivity index (χ1v) is 16.1. The molecule has 2 aliphatic rings. The van der Waals surface area contributed by atoms with Gasteiger partial charge in [0.2, 0.25) is 0 Å².